The molecule has 0 spiro atoms. The van der Waals surface area contributed by atoms with Crippen LogP contribution in [0.5, 0.6) is 0 Å². The summed E-state index contributed by atoms with van der Waals surface area (Å²) in [6.07, 6.45) is 1.37. The largest absolute Gasteiger partial charge is 0.389 e. The Morgan fingerprint density at radius 1 is 1.33 bits per heavy atom. The highest BCUT2D eigenvalue weighted by molar-refractivity contribution is 5.87. The van der Waals surface area contributed by atoms with Crippen LogP contribution in [0.1, 0.15) is 16.7 Å². The first-order valence-electron chi connectivity index (χ1n) is 8.72. The lowest BCUT2D eigenvalue weighted by Crippen LogP contribution is -2.47. The third-order valence-electron chi connectivity index (χ3n) is 4.75. The summed E-state index contributed by atoms with van der Waals surface area (Å²) >= 11 is 0. The molecule has 0 aliphatic heterocycles. The van der Waals surface area contributed by atoms with Crippen molar-refractivity contribution in [2.45, 2.75) is 24.5 Å². The van der Waals surface area contributed by atoms with Crippen molar-refractivity contribution in [2.24, 2.45) is 10.7 Å². The fourth-order valence-electron chi connectivity index (χ4n) is 3.21. The summed E-state index contributed by atoms with van der Waals surface area (Å²) in [4.78, 5) is 15.9. The van der Waals surface area contributed by atoms with Crippen LogP contribution < -0.4 is 11.1 Å². The number of nitrogens with two attached hydrogens (primary N) is 1. The molecule has 0 bridgehead atoms. The lowest BCUT2D eigenvalue weighted by molar-refractivity contribution is -0.148. The first-order chi connectivity index (χ1) is 12.9. The molecule has 2 unspecified atom stereocenters. The molecule has 1 aliphatic rings. The Balaban J connectivity index is 1.55. The van der Waals surface area contributed by atoms with E-state index in [-0.39, 0.29) is 12.2 Å². The van der Waals surface area contributed by atoms with Gasteiger partial charge in [0.2, 0.25) is 0 Å². The molecule has 142 valence electrons. The van der Waals surface area contributed by atoms with Crippen LogP contribution in [0.2, 0.25) is 0 Å². The fraction of sp³-hybridized carbons (Fsp3) is 0.300. The summed E-state index contributed by atoms with van der Waals surface area (Å²) in [6, 6.07) is 11.4. The van der Waals surface area contributed by atoms with Crippen molar-refractivity contribution in [3.8, 4) is 0 Å². The predicted octanol–water partition coefficient (Wildman–Crippen LogP) is 0.950. The molecule has 2 aromatic rings. The predicted molar refractivity (Wildman–Crippen MR) is 100 cm³/mol. The Labute approximate surface area is 156 Å². The highest BCUT2D eigenvalue weighted by atomic mass is 19.1. The van der Waals surface area contributed by atoms with E-state index in [4.69, 9.17) is 5.73 Å². The lowest BCUT2D eigenvalue weighted by atomic mass is 9.93. The maximum absolute atomic E-state index is 12.8. The fourth-order valence-corrected chi connectivity index (χ4v) is 3.21. The lowest BCUT2D eigenvalue weighted by Gasteiger charge is -2.23. The molecular weight excluding hydrogens is 349 g/mol. The normalized spacial score (nSPS) is 21.5. The number of primary amides is 1. The van der Waals surface area contributed by atoms with Crippen LogP contribution in [-0.2, 0) is 23.2 Å². The second kappa shape index (κ2) is 7.96. The van der Waals surface area contributed by atoms with Crippen molar-refractivity contribution in [2.75, 3.05) is 13.1 Å². The molecule has 27 heavy (non-hydrogen) atoms. The van der Waals surface area contributed by atoms with E-state index in [9.17, 15) is 19.4 Å². The van der Waals surface area contributed by atoms with E-state index in [1.165, 1.54) is 12.1 Å². The zero-order valence-corrected chi connectivity index (χ0v) is 14.7. The van der Waals surface area contributed by atoms with Crippen molar-refractivity contribution in [3.63, 3.8) is 0 Å². The van der Waals surface area contributed by atoms with Gasteiger partial charge in [-0.2, -0.15) is 0 Å². The molecule has 0 saturated heterocycles. The number of benzene rings is 2. The van der Waals surface area contributed by atoms with Gasteiger partial charge in [0.25, 0.3) is 5.91 Å². The Bertz CT molecular complexity index is 854. The van der Waals surface area contributed by atoms with Crippen LogP contribution in [0.15, 0.2) is 47.5 Å². The first-order valence-corrected chi connectivity index (χ1v) is 8.72. The molecule has 7 heteroatoms. The van der Waals surface area contributed by atoms with Gasteiger partial charge in [-0.15, -0.1) is 0 Å². The van der Waals surface area contributed by atoms with Gasteiger partial charge in [-0.3, -0.25) is 9.79 Å². The Morgan fingerprint density at radius 3 is 2.78 bits per heavy atom. The van der Waals surface area contributed by atoms with Crippen LogP contribution in [0.3, 0.4) is 0 Å². The second-order valence-electron chi connectivity index (χ2n) is 6.58. The van der Waals surface area contributed by atoms with Gasteiger partial charge in [-0.1, -0.05) is 18.2 Å². The molecule has 0 fully saturated rings. The summed E-state index contributed by atoms with van der Waals surface area (Å²) in [5.41, 5.74) is 5.80. The van der Waals surface area contributed by atoms with Crippen molar-refractivity contribution in [1.29, 1.82) is 0 Å². The number of aliphatic imine (C=N–C) groups is 1. The number of fused-ring (bicyclic) bond motifs is 1. The van der Waals surface area contributed by atoms with Gasteiger partial charge in [-0.25, -0.2) is 4.39 Å². The monoisotopic (exact) mass is 371 g/mol. The number of halogens is 1. The third kappa shape index (κ3) is 4.05. The number of hydrogen-bond acceptors (Lipinski definition) is 5. The third-order valence-corrected chi connectivity index (χ3v) is 4.75. The maximum atomic E-state index is 12.8. The number of aliphatic hydroxyl groups excluding tert-OH is 1. The second-order valence-corrected chi connectivity index (χ2v) is 6.58. The highest BCUT2D eigenvalue weighted by Crippen LogP contribution is 2.38. The molecule has 1 aliphatic carbocycles. The van der Waals surface area contributed by atoms with Crippen LogP contribution in [-0.4, -0.2) is 41.5 Å². The Morgan fingerprint density at radius 2 is 2.07 bits per heavy atom. The minimum atomic E-state index is -2.08. The van der Waals surface area contributed by atoms with Crippen LogP contribution in [0.25, 0.3) is 0 Å². The zero-order valence-electron chi connectivity index (χ0n) is 14.7. The van der Waals surface area contributed by atoms with E-state index in [1.807, 2.05) is 0 Å². The first kappa shape index (κ1) is 19.2. The van der Waals surface area contributed by atoms with Gasteiger partial charge in [-0.05, 0) is 48.4 Å². The SMILES string of the molecule is NC(=O)C1(O)c2cc(N=CCNCCc3ccc(F)cc3)ccc2CC1O. The topological polar surface area (TPSA) is 108 Å². The minimum absolute atomic E-state index is 0.170. The number of amides is 1. The summed E-state index contributed by atoms with van der Waals surface area (Å²) < 4.78 is 12.8. The average Bonchev–Trinajstić information content (AvgIpc) is 2.91. The van der Waals surface area contributed by atoms with Gasteiger partial charge in [0.15, 0.2) is 5.60 Å². The molecule has 0 saturated carbocycles. The van der Waals surface area contributed by atoms with Crippen molar-refractivity contribution in [1.82, 2.24) is 5.32 Å². The smallest absolute Gasteiger partial charge is 0.256 e. The molecule has 1 amide bonds. The highest BCUT2D eigenvalue weighted by Gasteiger charge is 2.49. The van der Waals surface area contributed by atoms with Crippen molar-refractivity contribution >= 4 is 17.8 Å². The molecule has 3 rings (SSSR count). The molecule has 0 radical (unpaired) electrons. The number of carbonyl (C=O) groups excluding carboxylic acids is 1. The van der Waals surface area contributed by atoms with Gasteiger partial charge in [0, 0.05) is 24.7 Å². The van der Waals surface area contributed by atoms with Gasteiger partial charge in [0.1, 0.15) is 11.9 Å². The number of rotatable bonds is 7. The number of aliphatic hydroxyl groups is 2. The van der Waals surface area contributed by atoms with Crippen molar-refractivity contribution < 1.29 is 19.4 Å². The van der Waals surface area contributed by atoms with E-state index in [0.717, 1.165) is 18.5 Å². The summed E-state index contributed by atoms with van der Waals surface area (Å²) in [5.74, 6) is -1.22. The minimum Gasteiger partial charge on any atom is -0.389 e. The molecule has 2 atom stereocenters. The number of nitrogens with zero attached hydrogens (tertiary/aromatic N) is 1. The number of carbonyl (C=O) groups is 1. The van der Waals surface area contributed by atoms with Crippen molar-refractivity contribution in [3.05, 3.63) is 65.0 Å². The molecule has 6 nitrogen and oxygen atoms in total. The summed E-state index contributed by atoms with van der Waals surface area (Å²) in [6.45, 7) is 1.25. The van der Waals surface area contributed by atoms with Crippen LogP contribution >= 0.6 is 0 Å². The average molecular weight is 371 g/mol. The molecular formula is C20H22FN3O3. The number of nitrogens with one attached hydrogen (secondary N) is 1. The maximum Gasteiger partial charge on any atom is 0.256 e. The van der Waals surface area contributed by atoms with Crippen LogP contribution in [0, 0.1) is 5.82 Å². The quantitative estimate of drug-likeness (QED) is 0.429. The van der Waals surface area contributed by atoms with Gasteiger partial charge in [0.05, 0.1) is 5.69 Å². The van der Waals surface area contributed by atoms with Gasteiger partial charge < -0.3 is 21.3 Å². The standard InChI is InChI=1S/C20H22FN3O3/c21-15-4-1-13(2-5-15)7-8-23-9-10-24-16-6-3-14-11-18(25)20(27,19(22)26)17(14)12-16/h1-6,10,12,18,23,25,27H,7-9,11H2,(H2,22,26). The van der Waals surface area contributed by atoms with E-state index in [0.29, 0.717) is 23.4 Å². The van der Waals surface area contributed by atoms with Gasteiger partial charge >= 0.3 is 0 Å². The molecule has 0 heterocycles. The summed E-state index contributed by atoms with van der Waals surface area (Å²) in [5, 5.41) is 23.7. The van der Waals surface area contributed by atoms with E-state index >= 15 is 0 Å². The molecule has 5 N–H and O–H groups in total. The van der Waals surface area contributed by atoms with E-state index in [1.54, 1.807) is 36.5 Å². The Kier molecular flexibility index (Phi) is 5.65. The number of hydrogen-bond donors (Lipinski definition) is 4. The van der Waals surface area contributed by atoms with E-state index < -0.39 is 17.6 Å². The molecule has 2 aromatic carbocycles. The Hall–Kier alpha value is -2.61. The van der Waals surface area contributed by atoms with E-state index in [2.05, 4.69) is 10.3 Å². The molecule has 0 aromatic heterocycles. The zero-order chi connectivity index (χ0) is 19.4. The summed E-state index contributed by atoms with van der Waals surface area (Å²) in [7, 11) is 0. The van der Waals surface area contributed by atoms with Crippen LogP contribution in [0.4, 0.5) is 10.1 Å².